The number of likely N-dealkylation sites (tertiary alicyclic amines) is 1. The lowest BCUT2D eigenvalue weighted by molar-refractivity contribution is -0.127. The van der Waals surface area contributed by atoms with Gasteiger partial charge < -0.3 is 14.5 Å². The predicted octanol–water partition coefficient (Wildman–Crippen LogP) is 1.34. The van der Waals surface area contributed by atoms with E-state index in [0.717, 1.165) is 5.69 Å². The van der Waals surface area contributed by atoms with E-state index in [1.165, 1.54) is 4.90 Å². The molecule has 2 saturated heterocycles. The van der Waals surface area contributed by atoms with Gasteiger partial charge in [0.2, 0.25) is 0 Å². The van der Waals surface area contributed by atoms with Gasteiger partial charge in [-0.25, -0.2) is 9.69 Å². The number of hydrogen-bond acceptors (Lipinski definition) is 5. The Bertz CT molecular complexity index is 632. The van der Waals surface area contributed by atoms with Gasteiger partial charge in [-0.2, -0.15) is 0 Å². The van der Waals surface area contributed by atoms with Crippen molar-refractivity contribution in [2.24, 2.45) is 0 Å². The minimum atomic E-state index is -0.566. The monoisotopic (exact) mass is 331 g/mol. The highest BCUT2D eigenvalue weighted by Crippen LogP contribution is 2.22. The molecule has 0 unspecified atom stereocenters. The van der Waals surface area contributed by atoms with Crippen molar-refractivity contribution in [1.29, 1.82) is 0 Å². The zero-order chi connectivity index (χ0) is 17.3. The van der Waals surface area contributed by atoms with Crippen LogP contribution in [0.25, 0.3) is 0 Å². The van der Waals surface area contributed by atoms with Crippen LogP contribution in [0.4, 0.5) is 10.5 Å². The summed E-state index contributed by atoms with van der Waals surface area (Å²) in [6.07, 6.45) is 0.606. The zero-order valence-electron chi connectivity index (χ0n) is 13.9. The summed E-state index contributed by atoms with van der Waals surface area (Å²) in [5, 5.41) is 0. The van der Waals surface area contributed by atoms with Crippen molar-refractivity contribution in [1.82, 2.24) is 9.80 Å². The molecule has 0 atom stereocenters. The molecule has 2 heterocycles. The highest BCUT2D eigenvalue weighted by molar-refractivity contribution is 5.98. The fourth-order valence-corrected chi connectivity index (χ4v) is 3.13. The maximum Gasteiger partial charge on any atom is 0.417 e. The van der Waals surface area contributed by atoms with Gasteiger partial charge in [-0.15, -0.1) is 0 Å². The molecule has 0 radical (unpaired) electrons. The fourth-order valence-electron chi connectivity index (χ4n) is 3.13. The first-order valence-electron chi connectivity index (χ1n) is 8.03. The highest BCUT2D eigenvalue weighted by atomic mass is 16.6. The van der Waals surface area contributed by atoms with E-state index < -0.39 is 6.09 Å². The Morgan fingerprint density at radius 3 is 2.25 bits per heavy atom. The number of cyclic esters (lactones) is 1. The molecule has 3 rings (SSSR count). The van der Waals surface area contributed by atoms with Crippen LogP contribution < -0.4 is 4.90 Å². The Morgan fingerprint density at radius 1 is 1.12 bits per heavy atom. The number of carbonyl (C=O) groups excluding carboxylic acids is 3. The Balaban J connectivity index is 1.61. The minimum Gasteiger partial charge on any atom is -0.439 e. The van der Waals surface area contributed by atoms with Crippen molar-refractivity contribution in [2.75, 3.05) is 38.7 Å². The second-order valence-electron chi connectivity index (χ2n) is 6.28. The molecule has 3 amide bonds. The average Bonchev–Trinajstić information content (AvgIpc) is 2.93. The molecule has 0 aromatic heterocycles. The van der Waals surface area contributed by atoms with Gasteiger partial charge in [0.15, 0.2) is 6.61 Å². The number of imide groups is 1. The number of anilines is 1. The lowest BCUT2D eigenvalue weighted by Gasteiger charge is -2.34. The topological polar surface area (TPSA) is 70.2 Å². The van der Waals surface area contributed by atoms with Gasteiger partial charge >= 0.3 is 6.09 Å². The normalized spacial score (nSPS) is 18.8. The van der Waals surface area contributed by atoms with Crippen LogP contribution in [0.3, 0.4) is 0 Å². The van der Waals surface area contributed by atoms with E-state index in [9.17, 15) is 14.4 Å². The molecule has 128 valence electrons. The summed E-state index contributed by atoms with van der Waals surface area (Å²) in [7, 11) is 3.90. The van der Waals surface area contributed by atoms with Gasteiger partial charge in [0.1, 0.15) is 0 Å². The largest absolute Gasteiger partial charge is 0.439 e. The average molecular weight is 331 g/mol. The molecule has 2 aliphatic heterocycles. The van der Waals surface area contributed by atoms with E-state index in [4.69, 9.17) is 4.74 Å². The van der Waals surface area contributed by atoms with Crippen LogP contribution in [-0.2, 0) is 9.53 Å². The molecular weight excluding hydrogens is 310 g/mol. The number of ether oxygens (including phenoxy) is 1. The third kappa shape index (κ3) is 3.06. The van der Waals surface area contributed by atoms with Crippen molar-refractivity contribution < 1.29 is 19.1 Å². The molecular formula is C17H21N3O4. The number of hydrogen-bond donors (Lipinski definition) is 0. The quantitative estimate of drug-likeness (QED) is 0.836. The molecule has 7 heteroatoms. The van der Waals surface area contributed by atoms with Crippen LogP contribution in [0.15, 0.2) is 24.3 Å². The summed E-state index contributed by atoms with van der Waals surface area (Å²) in [5.74, 6) is -0.307. The maximum atomic E-state index is 12.6. The first-order chi connectivity index (χ1) is 11.5. The smallest absolute Gasteiger partial charge is 0.417 e. The number of rotatable bonds is 3. The molecule has 1 aromatic carbocycles. The molecule has 7 nitrogen and oxygen atoms in total. The van der Waals surface area contributed by atoms with Crippen LogP contribution in [-0.4, -0.2) is 67.5 Å². The molecule has 1 aromatic rings. The molecule has 2 fully saturated rings. The summed E-state index contributed by atoms with van der Waals surface area (Å²) in [6.45, 7) is 0.877. The van der Waals surface area contributed by atoms with Crippen molar-refractivity contribution in [3.05, 3.63) is 29.8 Å². The van der Waals surface area contributed by atoms with Gasteiger partial charge in [0, 0.05) is 44.5 Å². The summed E-state index contributed by atoms with van der Waals surface area (Å²) < 4.78 is 4.76. The summed E-state index contributed by atoms with van der Waals surface area (Å²) in [5.41, 5.74) is 1.69. The van der Waals surface area contributed by atoms with Crippen LogP contribution in [0.2, 0.25) is 0 Å². The molecule has 0 saturated carbocycles. The Labute approximate surface area is 140 Å². The summed E-state index contributed by atoms with van der Waals surface area (Å²) in [4.78, 5) is 40.8. The molecule has 0 bridgehead atoms. The minimum absolute atomic E-state index is 0.0194. The zero-order valence-corrected chi connectivity index (χ0v) is 13.9. The summed E-state index contributed by atoms with van der Waals surface area (Å²) >= 11 is 0. The number of amides is 3. The van der Waals surface area contributed by atoms with Crippen LogP contribution in [0.5, 0.6) is 0 Å². The van der Waals surface area contributed by atoms with Gasteiger partial charge in [0.05, 0.1) is 0 Å². The van der Waals surface area contributed by atoms with Gasteiger partial charge in [-0.3, -0.25) is 9.59 Å². The standard InChI is InChI=1S/C17H21N3O4/c1-18(2)13-5-3-12(4-6-13)16(22)19-9-7-14(8-10-19)20-15(21)11-24-17(20)23/h3-6,14H,7-11H2,1-2H3. The van der Waals surface area contributed by atoms with Crippen molar-refractivity contribution in [2.45, 2.75) is 18.9 Å². The second kappa shape index (κ2) is 6.51. The SMILES string of the molecule is CN(C)c1ccc(C(=O)N2CCC(N3C(=O)COC3=O)CC2)cc1. The van der Waals surface area contributed by atoms with Gasteiger partial charge in [0.25, 0.3) is 11.8 Å². The fraction of sp³-hybridized carbons (Fsp3) is 0.471. The Hall–Kier alpha value is -2.57. The molecule has 2 aliphatic rings. The predicted molar refractivity (Wildman–Crippen MR) is 87.9 cm³/mol. The van der Waals surface area contributed by atoms with Crippen molar-refractivity contribution >= 4 is 23.6 Å². The third-order valence-electron chi connectivity index (χ3n) is 4.53. The van der Waals surface area contributed by atoms with E-state index in [-0.39, 0.29) is 24.5 Å². The number of piperidine rings is 1. The van der Waals surface area contributed by atoms with Gasteiger partial charge in [-0.1, -0.05) is 0 Å². The van der Waals surface area contributed by atoms with E-state index in [1.54, 1.807) is 4.90 Å². The van der Waals surface area contributed by atoms with Crippen molar-refractivity contribution in [3.63, 3.8) is 0 Å². The van der Waals surface area contributed by atoms with Crippen LogP contribution in [0, 0.1) is 0 Å². The van der Waals surface area contributed by atoms with Crippen LogP contribution >= 0.6 is 0 Å². The van der Waals surface area contributed by atoms with Crippen molar-refractivity contribution in [3.8, 4) is 0 Å². The number of carbonyl (C=O) groups is 3. The molecule has 0 spiro atoms. The first-order valence-corrected chi connectivity index (χ1v) is 8.03. The number of benzene rings is 1. The summed E-state index contributed by atoms with van der Waals surface area (Å²) in [6, 6.07) is 7.31. The van der Waals surface area contributed by atoms with E-state index in [2.05, 4.69) is 0 Å². The van der Waals surface area contributed by atoms with Gasteiger partial charge in [-0.05, 0) is 37.1 Å². The molecule has 24 heavy (non-hydrogen) atoms. The highest BCUT2D eigenvalue weighted by Gasteiger charge is 2.39. The number of nitrogens with zero attached hydrogens (tertiary/aromatic N) is 3. The first kappa shape index (κ1) is 16.3. The maximum absolute atomic E-state index is 12.6. The van der Waals surface area contributed by atoms with E-state index >= 15 is 0 Å². The lowest BCUT2D eigenvalue weighted by Crippen LogP contribution is -2.48. The second-order valence-corrected chi connectivity index (χ2v) is 6.28. The lowest BCUT2D eigenvalue weighted by atomic mass is 10.0. The van der Waals surface area contributed by atoms with E-state index in [0.29, 0.717) is 31.5 Å². The molecule has 0 aliphatic carbocycles. The Morgan fingerprint density at radius 2 is 1.75 bits per heavy atom. The van der Waals surface area contributed by atoms with Crippen LogP contribution in [0.1, 0.15) is 23.2 Å². The van der Waals surface area contributed by atoms with E-state index in [1.807, 2.05) is 43.3 Å². The molecule has 0 N–H and O–H groups in total. The Kier molecular flexibility index (Phi) is 4.42. The third-order valence-corrected chi connectivity index (χ3v) is 4.53.